The summed E-state index contributed by atoms with van der Waals surface area (Å²) in [6.07, 6.45) is 2.07. The maximum absolute atomic E-state index is 10.3. The minimum atomic E-state index is -1.42. The van der Waals surface area contributed by atoms with E-state index in [2.05, 4.69) is 12.6 Å². The average Bonchev–Trinajstić information content (AvgIpc) is 2.29. The van der Waals surface area contributed by atoms with E-state index < -0.39 is 10.5 Å². The Balaban J connectivity index is 2.37. The van der Waals surface area contributed by atoms with E-state index in [1.54, 1.807) is 6.08 Å². The van der Waals surface area contributed by atoms with Crippen LogP contribution in [-0.4, -0.2) is 32.5 Å². The van der Waals surface area contributed by atoms with Crippen molar-refractivity contribution in [2.75, 3.05) is 6.61 Å². The highest BCUT2D eigenvalue weighted by Crippen LogP contribution is 2.42. The summed E-state index contributed by atoms with van der Waals surface area (Å²) in [5.74, 6) is 0. The molecule has 0 aliphatic heterocycles. The Bertz CT molecular complexity index is 428. The van der Waals surface area contributed by atoms with Crippen molar-refractivity contribution in [3.63, 3.8) is 0 Å². The van der Waals surface area contributed by atoms with Crippen LogP contribution >= 0.6 is 12.6 Å². The Hall–Kier alpha value is -0.810. The second-order valence-corrected chi connectivity index (χ2v) is 5.30. The van der Waals surface area contributed by atoms with Gasteiger partial charge in [0.15, 0.2) is 0 Å². The van der Waals surface area contributed by atoms with Gasteiger partial charge < -0.3 is 15.3 Å². The van der Waals surface area contributed by atoms with E-state index in [1.165, 1.54) is 0 Å². The van der Waals surface area contributed by atoms with Gasteiger partial charge in [-0.1, -0.05) is 36.4 Å². The van der Waals surface area contributed by atoms with Crippen LogP contribution in [0.3, 0.4) is 0 Å². The molecule has 92 valence electrons. The summed E-state index contributed by atoms with van der Waals surface area (Å²) < 4.78 is 0. The van der Waals surface area contributed by atoms with Crippen molar-refractivity contribution in [2.45, 2.75) is 23.4 Å². The zero-order valence-corrected chi connectivity index (χ0v) is 10.3. The van der Waals surface area contributed by atoms with Gasteiger partial charge in [0.1, 0.15) is 4.93 Å². The lowest BCUT2D eigenvalue weighted by molar-refractivity contribution is -0.0489. The first-order chi connectivity index (χ1) is 7.97. The summed E-state index contributed by atoms with van der Waals surface area (Å²) in [6.45, 7) is -0.381. The molecule has 2 rings (SSSR count). The normalized spacial score (nSPS) is 33.3. The van der Waals surface area contributed by atoms with E-state index >= 15 is 0 Å². The van der Waals surface area contributed by atoms with Crippen LogP contribution in [0.1, 0.15) is 18.4 Å². The molecule has 0 saturated carbocycles. The first-order valence-electron chi connectivity index (χ1n) is 5.51. The van der Waals surface area contributed by atoms with Crippen molar-refractivity contribution >= 4 is 18.2 Å². The minimum Gasteiger partial charge on any atom is -0.393 e. The molecule has 2 unspecified atom stereocenters. The van der Waals surface area contributed by atoms with Gasteiger partial charge in [0, 0.05) is 6.42 Å². The number of benzene rings is 1. The van der Waals surface area contributed by atoms with Crippen LogP contribution in [0, 0.1) is 0 Å². The molecule has 4 heteroatoms. The largest absolute Gasteiger partial charge is 0.393 e. The number of rotatable bonds is 2. The molecule has 0 spiro atoms. The fourth-order valence-corrected chi connectivity index (χ4v) is 2.68. The Morgan fingerprint density at radius 3 is 2.35 bits per heavy atom. The van der Waals surface area contributed by atoms with Gasteiger partial charge in [-0.2, -0.15) is 0 Å². The van der Waals surface area contributed by atoms with Crippen molar-refractivity contribution in [1.82, 2.24) is 0 Å². The standard InChI is InChI=1S/C13H16O3S/c14-9-12(15)7-6-11(13(16,17)8-12)10-4-2-1-3-5-10/h1-6,14-17H,7-9H2. The molecule has 0 aromatic heterocycles. The van der Waals surface area contributed by atoms with E-state index in [-0.39, 0.29) is 13.0 Å². The van der Waals surface area contributed by atoms with Gasteiger partial charge in [-0.25, -0.2) is 0 Å². The molecule has 0 heterocycles. The third-order valence-electron chi connectivity index (χ3n) is 3.07. The van der Waals surface area contributed by atoms with Gasteiger partial charge in [-0.05, 0) is 17.6 Å². The van der Waals surface area contributed by atoms with Crippen molar-refractivity contribution in [2.24, 2.45) is 0 Å². The van der Waals surface area contributed by atoms with Gasteiger partial charge in [0.25, 0.3) is 0 Å². The van der Waals surface area contributed by atoms with Crippen LogP contribution in [0.2, 0.25) is 0 Å². The maximum atomic E-state index is 10.3. The Kier molecular flexibility index (Phi) is 3.32. The van der Waals surface area contributed by atoms with Gasteiger partial charge >= 0.3 is 0 Å². The molecule has 2 atom stereocenters. The van der Waals surface area contributed by atoms with E-state index in [0.717, 1.165) is 5.56 Å². The summed E-state index contributed by atoms with van der Waals surface area (Å²) in [4.78, 5) is -1.42. The summed E-state index contributed by atoms with van der Waals surface area (Å²) >= 11 is 4.21. The molecule has 1 aromatic carbocycles. The molecule has 0 radical (unpaired) electrons. The molecule has 0 bridgehead atoms. The second kappa shape index (κ2) is 4.46. The van der Waals surface area contributed by atoms with Crippen molar-refractivity contribution < 1.29 is 15.3 Å². The van der Waals surface area contributed by atoms with E-state index in [1.807, 2.05) is 30.3 Å². The van der Waals surface area contributed by atoms with Crippen molar-refractivity contribution in [3.8, 4) is 0 Å². The lowest BCUT2D eigenvalue weighted by Gasteiger charge is -2.38. The van der Waals surface area contributed by atoms with E-state index in [9.17, 15) is 10.2 Å². The zero-order chi connectivity index (χ0) is 12.5. The Morgan fingerprint density at radius 2 is 1.82 bits per heavy atom. The number of aliphatic hydroxyl groups is 3. The number of thiol groups is 1. The predicted octanol–water partition coefficient (Wildman–Crippen LogP) is 1.21. The van der Waals surface area contributed by atoms with Gasteiger partial charge in [-0.15, -0.1) is 12.6 Å². The summed E-state index contributed by atoms with van der Waals surface area (Å²) in [6, 6.07) is 9.43. The molecular formula is C13H16O3S. The fourth-order valence-electron chi connectivity index (χ4n) is 2.17. The highest BCUT2D eigenvalue weighted by molar-refractivity contribution is 7.82. The zero-order valence-electron chi connectivity index (χ0n) is 9.37. The number of hydrogen-bond acceptors (Lipinski definition) is 4. The number of aliphatic hydroxyl groups excluding tert-OH is 1. The van der Waals surface area contributed by atoms with E-state index in [4.69, 9.17) is 5.11 Å². The van der Waals surface area contributed by atoms with E-state index in [0.29, 0.717) is 12.0 Å². The molecule has 1 aliphatic rings. The Labute approximate surface area is 106 Å². The second-order valence-electron chi connectivity index (χ2n) is 4.56. The number of hydrogen-bond donors (Lipinski definition) is 4. The van der Waals surface area contributed by atoms with Crippen LogP contribution in [0.15, 0.2) is 36.4 Å². The fraction of sp³-hybridized carbons (Fsp3) is 0.385. The van der Waals surface area contributed by atoms with Crippen LogP contribution in [0.4, 0.5) is 0 Å². The first kappa shape index (κ1) is 12.6. The molecule has 0 fully saturated rings. The SMILES string of the molecule is OCC1(O)CC=C(c2ccccc2)C(O)(S)C1. The van der Waals surface area contributed by atoms with Crippen LogP contribution in [-0.2, 0) is 0 Å². The highest BCUT2D eigenvalue weighted by Gasteiger charge is 2.42. The van der Waals surface area contributed by atoms with Gasteiger partial charge in [0.05, 0.1) is 12.2 Å². The van der Waals surface area contributed by atoms with Gasteiger partial charge in [-0.3, -0.25) is 0 Å². The summed E-state index contributed by atoms with van der Waals surface area (Å²) in [7, 11) is 0. The molecular weight excluding hydrogens is 236 g/mol. The monoisotopic (exact) mass is 252 g/mol. The maximum Gasteiger partial charge on any atom is 0.136 e. The Morgan fingerprint density at radius 1 is 1.18 bits per heavy atom. The summed E-state index contributed by atoms with van der Waals surface area (Å²) in [5.41, 5.74) is 0.277. The van der Waals surface area contributed by atoms with Crippen molar-refractivity contribution in [3.05, 3.63) is 42.0 Å². The smallest absolute Gasteiger partial charge is 0.136 e. The molecule has 0 amide bonds. The van der Waals surface area contributed by atoms with Gasteiger partial charge in [0.2, 0.25) is 0 Å². The lowest BCUT2D eigenvalue weighted by Crippen LogP contribution is -2.44. The average molecular weight is 252 g/mol. The molecule has 0 saturated heterocycles. The molecule has 1 aliphatic carbocycles. The molecule has 17 heavy (non-hydrogen) atoms. The quantitative estimate of drug-likeness (QED) is 0.472. The van der Waals surface area contributed by atoms with Crippen LogP contribution in [0.5, 0.6) is 0 Å². The third kappa shape index (κ3) is 2.55. The topological polar surface area (TPSA) is 60.7 Å². The lowest BCUT2D eigenvalue weighted by atomic mass is 9.81. The molecule has 3 nitrogen and oxygen atoms in total. The third-order valence-corrected chi connectivity index (χ3v) is 3.47. The predicted molar refractivity (Wildman–Crippen MR) is 69.6 cm³/mol. The minimum absolute atomic E-state index is 0.0142. The first-order valence-corrected chi connectivity index (χ1v) is 5.96. The van der Waals surface area contributed by atoms with Crippen LogP contribution in [0.25, 0.3) is 5.57 Å². The molecule has 3 N–H and O–H groups in total. The summed E-state index contributed by atoms with van der Waals surface area (Å²) in [5, 5.41) is 29.4. The van der Waals surface area contributed by atoms with Crippen LogP contribution < -0.4 is 0 Å². The molecule has 1 aromatic rings. The highest BCUT2D eigenvalue weighted by atomic mass is 32.1. The van der Waals surface area contributed by atoms with Crippen molar-refractivity contribution in [1.29, 1.82) is 0 Å².